The van der Waals surface area contributed by atoms with Crippen molar-refractivity contribution in [1.82, 2.24) is 4.90 Å². The molecule has 0 aromatic heterocycles. The molecule has 0 heterocycles. The first kappa shape index (κ1) is 15.9. The van der Waals surface area contributed by atoms with E-state index in [1.807, 2.05) is 6.92 Å². The lowest BCUT2D eigenvalue weighted by Gasteiger charge is -2.27. The Morgan fingerprint density at radius 3 is 2.38 bits per heavy atom. The molecule has 0 rings (SSSR count). The van der Waals surface area contributed by atoms with Gasteiger partial charge in [-0.05, 0) is 51.7 Å². The van der Waals surface area contributed by atoms with E-state index < -0.39 is 0 Å². The molecule has 0 saturated carbocycles. The second-order valence-electron chi connectivity index (χ2n) is 5.46. The molecule has 0 radical (unpaired) electrons. The second-order valence-corrected chi connectivity index (χ2v) is 5.46. The Bertz CT molecular complexity index is 167. The van der Waals surface area contributed by atoms with Crippen LogP contribution in [0.25, 0.3) is 0 Å². The molecule has 1 unspecified atom stereocenters. The van der Waals surface area contributed by atoms with E-state index in [1.54, 1.807) is 0 Å². The maximum Gasteiger partial charge on any atom is 0.0611 e. The van der Waals surface area contributed by atoms with Gasteiger partial charge in [0.25, 0.3) is 0 Å². The molecule has 0 amide bonds. The van der Waals surface area contributed by atoms with Gasteiger partial charge in [-0.3, -0.25) is 0 Å². The van der Waals surface area contributed by atoms with Crippen LogP contribution in [0.2, 0.25) is 0 Å². The Kier molecular flexibility index (Phi) is 7.98. The summed E-state index contributed by atoms with van der Waals surface area (Å²) in [4.78, 5) is 2.35. The lowest BCUT2D eigenvalue weighted by Crippen LogP contribution is -2.43. The second kappa shape index (κ2) is 8.04. The summed E-state index contributed by atoms with van der Waals surface area (Å²) >= 11 is 0. The summed E-state index contributed by atoms with van der Waals surface area (Å²) < 4.78 is 0. The molecule has 0 fully saturated rings. The third kappa shape index (κ3) is 7.20. The van der Waals surface area contributed by atoms with Crippen molar-refractivity contribution >= 4 is 0 Å². The van der Waals surface area contributed by atoms with Crippen molar-refractivity contribution in [3.63, 3.8) is 0 Å². The zero-order valence-corrected chi connectivity index (χ0v) is 11.5. The summed E-state index contributed by atoms with van der Waals surface area (Å²) in [6, 6.07) is 0. The summed E-state index contributed by atoms with van der Waals surface area (Å²) in [5.74, 6) is 0.768. The van der Waals surface area contributed by atoms with Gasteiger partial charge >= 0.3 is 0 Å². The van der Waals surface area contributed by atoms with Gasteiger partial charge in [-0.25, -0.2) is 0 Å². The van der Waals surface area contributed by atoms with E-state index in [-0.39, 0.29) is 12.1 Å². The summed E-state index contributed by atoms with van der Waals surface area (Å²) in [5.41, 5.74) is 5.67. The average molecular weight is 230 g/mol. The van der Waals surface area contributed by atoms with E-state index in [9.17, 15) is 5.11 Å². The van der Waals surface area contributed by atoms with Gasteiger partial charge in [0.1, 0.15) is 0 Å². The van der Waals surface area contributed by atoms with Crippen LogP contribution in [0.4, 0.5) is 0 Å². The lowest BCUT2D eigenvalue weighted by atomic mass is 9.92. The van der Waals surface area contributed by atoms with Crippen LogP contribution in [-0.2, 0) is 0 Å². The van der Waals surface area contributed by atoms with Gasteiger partial charge in [-0.15, -0.1) is 0 Å². The Morgan fingerprint density at radius 1 is 1.31 bits per heavy atom. The first-order chi connectivity index (χ1) is 7.43. The minimum Gasteiger partial charge on any atom is -0.394 e. The zero-order valence-electron chi connectivity index (χ0n) is 11.5. The largest absolute Gasteiger partial charge is 0.394 e. The molecule has 0 aliphatic rings. The van der Waals surface area contributed by atoms with Crippen LogP contribution in [-0.4, -0.2) is 42.3 Å². The van der Waals surface area contributed by atoms with Crippen LogP contribution >= 0.6 is 0 Å². The van der Waals surface area contributed by atoms with Gasteiger partial charge in [-0.2, -0.15) is 0 Å². The molecule has 98 valence electrons. The van der Waals surface area contributed by atoms with Crippen LogP contribution in [0.3, 0.4) is 0 Å². The minimum atomic E-state index is -0.362. The first-order valence-corrected chi connectivity index (χ1v) is 6.52. The molecule has 0 bridgehead atoms. The molecule has 0 aromatic carbocycles. The predicted octanol–water partition coefficient (Wildman–Crippen LogP) is 1.84. The van der Waals surface area contributed by atoms with E-state index >= 15 is 0 Å². The fourth-order valence-corrected chi connectivity index (χ4v) is 1.66. The monoisotopic (exact) mass is 230 g/mol. The summed E-state index contributed by atoms with van der Waals surface area (Å²) in [6.45, 7) is 8.87. The van der Waals surface area contributed by atoms with Crippen molar-refractivity contribution in [3.05, 3.63) is 0 Å². The summed E-state index contributed by atoms with van der Waals surface area (Å²) in [7, 11) is 2.16. The molecule has 16 heavy (non-hydrogen) atoms. The standard InChI is InChI=1S/C13H30N2O/c1-5-13(14,11-16)8-6-9-15(4)10-7-12(2)3/h12,16H,5-11,14H2,1-4H3. The van der Waals surface area contributed by atoms with Crippen molar-refractivity contribution < 1.29 is 5.11 Å². The van der Waals surface area contributed by atoms with Crippen LogP contribution in [0.5, 0.6) is 0 Å². The SMILES string of the molecule is CCC(N)(CO)CCCN(C)CCC(C)C. The smallest absolute Gasteiger partial charge is 0.0611 e. The quantitative estimate of drug-likeness (QED) is 0.635. The molecule has 3 nitrogen and oxygen atoms in total. The van der Waals surface area contributed by atoms with Gasteiger partial charge in [-0.1, -0.05) is 20.8 Å². The van der Waals surface area contributed by atoms with Gasteiger partial charge in [0.2, 0.25) is 0 Å². The third-order valence-electron chi connectivity index (χ3n) is 3.32. The molecule has 0 saturated heterocycles. The Morgan fingerprint density at radius 2 is 1.94 bits per heavy atom. The van der Waals surface area contributed by atoms with Gasteiger partial charge in [0.15, 0.2) is 0 Å². The van der Waals surface area contributed by atoms with Gasteiger partial charge in [0.05, 0.1) is 6.61 Å². The maximum atomic E-state index is 9.19. The molecule has 0 aliphatic heterocycles. The van der Waals surface area contributed by atoms with Crippen LogP contribution < -0.4 is 5.73 Å². The highest BCUT2D eigenvalue weighted by molar-refractivity contribution is 4.81. The van der Waals surface area contributed by atoms with E-state index in [4.69, 9.17) is 5.73 Å². The number of aliphatic hydroxyl groups excluding tert-OH is 1. The Hall–Kier alpha value is -0.120. The highest BCUT2D eigenvalue weighted by atomic mass is 16.3. The highest BCUT2D eigenvalue weighted by Gasteiger charge is 2.20. The molecule has 1 atom stereocenters. The van der Waals surface area contributed by atoms with E-state index in [1.165, 1.54) is 6.42 Å². The molecule has 0 aliphatic carbocycles. The van der Waals surface area contributed by atoms with Crippen LogP contribution in [0, 0.1) is 5.92 Å². The molecule has 0 spiro atoms. The lowest BCUT2D eigenvalue weighted by molar-refractivity contribution is 0.174. The van der Waals surface area contributed by atoms with Crippen molar-refractivity contribution in [2.24, 2.45) is 11.7 Å². The topological polar surface area (TPSA) is 49.5 Å². The fourth-order valence-electron chi connectivity index (χ4n) is 1.66. The maximum absolute atomic E-state index is 9.19. The van der Waals surface area contributed by atoms with Crippen molar-refractivity contribution in [2.75, 3.05) is 26.7 Å². The Balaban J connectivity index is 3.64. The van der Waals surface area contributed by atoms with Gasteiger partial charge < -0.3 is 15.7 Å². The molecular weight excluding hydrogens is 200 g/mol. The third-order valence-corrected chi connectivity index (χ3v) is 3.32. The molecule has 3 heteroatoms. The number of nitrogens with zero attached hydrogens (tertiary/aromatic N) is 1. The molecule has 3 N–H and O–H groups in total. The number of rotatable bonds is 9. The number of hydrogen-bond donors (Lipinski definition) is 2. The van der Waals surface area contributed by atoms with Gasteiger partial charge in [0, 0.05) is 5.54 Å². The zero-order chi connectivity index (χ0) is 12.6. The molecular formula is C13H30N2O. The average Bonchev–Trinajstić information content (AvgIpc) is 2.26. The summed E-state index contributed by atoms with van der Waals surface area (Å²) in [6.07, 6.45) is 4.07. The van der Waals surface area contributed by atoms with Crippen molar-refractivity contribution in [3.8, 4) is 0 Å². The fraction of sp³-hybridized carbons (Fsp3) is 1.00. The number of aliphatic hydroxyl groups is 1. The van der Waals surface area contributed by atoms with Crippen LogP contribution in [0.15, 0.2) is 0 Å². The predicted molar refractivity (Wildman–Crippen MR) is 70.5 cm³/mol. The normalized spacial score (nSPS) is 15.8. The van der Waals surface area contributed by atoms with Crippen molar-refractivity contribution in [1.29, 1.82) is 0 Å². The molecule has 0 aromatic rings. The van der Waals surface area contributed by atoms with E-state index in [2.05, 4.69) is 25.8 Å². The summed E-state index contributed by atoms with van der Waals surface area (Å²) in [5, 5.41) is 9.19. The van der Waals surface area contributed by atoms with Crippen LogP contribution in [0.1, 0.15) is 46.5 Å². The highest BCUT2D eigenvalue weighted by Crippen LogP contribution is 2.13. The van der Waals surface area contributed by atoms with Crippen molar-refractivity contribution in [2.45, 2.75) is 52.0 Å². The number of hydrogen-bond acceptors (Lipinski definition) is 3. The van der Waals surface area contributed by atoms with E-state index in [0.29, 0.717) is 0 Å². The number of nitrogens with two attached hydrogens (primary N) is 1. The Labute approximate surface area is 101 Å². The minimum absolute atomic E-state index is 0.0964. The van der Waals surface area contributed by atoms with E-state index in [0.717, 1.165) is 38.3 Å². The first-order valence-electron chi connectivity index (χ1n) is 6.52.